The van der Waals surface area contributed by atoms with Crippen LogP contribution in [0.5, 0.6) is 0 Å². The highest BCUT2D eigenvalue weighted by Gasteiger charge is 2.24. The lowest BCUT2D eigenvalue weighted by molar-refractivity contribution is -0.144. The van der Waals surface area contributed by atoms with Crippen molar-refractivity contribution in [1.82, 2.24) is 5.32 Å². The number of carbonyl (C=O) groups excluding carboxylic acids is 1. The molecule has 0 aliphatic rings. The van der Waals surface area contributed by atoms with Crippen LogP contribution in [0.15, 0.2) is 30.3 Å². The Balaban J connectivity index is 2.47. The minimum atomic E-state index is -1.15. The van der Waals surface area contributed by atoms with Gasteiger partial charge in [0.15, 0.2) is 6.04 Å². The molecule has 2 atom stereocenters. The van der Waals surface area contributed by atoms with Crippen LogP contribution in [0, 0.1) is 5.92 Å². The first-order valence-corrected chi connectivity index (χ1v) is 6.82. The van der Waals surface area contributed by atoms with E-state index in [1.54, 1.807) is 13.8 Å². The van der Waals surface area contributed by atoms with E-state index in [1.165, 1.54) is 0 Å². The Bertz CT molecular complexity index is 462. The predicted octanol–water partition coefficient (Wildman–Crippen LogP) is 0.756. The smallest absolute Gasteiger partial charge is 0.328 e. The Kier molecular flexibility index (Phi) is 6.84. The van der Waals surface area contributed by atoms with Crippen molar-refractivity contribution in [2.24, 2.45) is 11.7 Å². The summed E-state index contributed by atoms with van der Waals surface area (Å²) in [6.45, 7) is 3.77. The molecule has 6 nitrogen and oxygen atoms in total. The first-order valence-electron chi connectivity index (χ1n) is 6.82. The van der Waals surface area contributed by atoms with E-state index in [4.69, 9.17) is 15.6 Å². The summed E-state index contributed by atoms with van der Waals surface area (Å²) in [7, 11) is 0. The lowest BCUT2D eigenvalue weighted by Gasteiger charge is -2.19. The van der Waals surface area contributed by atoms with Gasteiger partial charge >= 0.3 is 5.97 Å². The highest BCUT2D eigenvalue weighted by molar-refractivity contribution is 5.87. The van der Waals surface area contributed by atoms with E-state index in [9.17, 15) is 9.59 Å². The average molecular weight is 294 g/mol. The van der Waals surface area contributed by atoms with Gasteiger partial charge in [-0.2, -0.15) is 0 Å². The Labute approximate surface area is 124 Å². The zero-order chi connectivity index (χ0) is 15.8. The van der Waals surface area contributed by atoms with Gasteiger partial charge in [0.1, 0.15) is 0 Å². The fraction of sp³-hybridized carbons (Fsp3) is 0.467. The highest BCUT2D eigenvalue weighted by Crippen LogP contribution is 2.02. The number of nitrogens with one attached hydrogen (secondary N) is 1. The molecule has 0 bridgehead atoms. The summed E-state index contributed by atoms with van der Waals surface area (Å²) < 4.78 is 5.35. The summed E-state index contributed by atoms with van der Waals surface area (Å²) in [5, 5.41) is 11.5. The van der Waals surface area contributed by atoms with Gasteiger partial charge in [-0.05, 0) is 11.5 Å². The molecule has 1 aromatic carbocycles. The number of rotatable bonds is 8. The second-order valence-corrected chi connectivity index (χ2v) is 5.17. The fourth-order valence-electron chi connectivity index (χ4n) is 1.61. The Morgan fingerprint density at radius 2 is 1.90 bits per heavy atom. The van der Waals surface area contributed by atoms with Crippen molar-refractivity contribution >= 4 is 11.9 Å². The fourth-order valence-corrected chi connectivity index (χ4v) is 1.61. The van der Waals surface area contributed by atoms with Crippen molar-refractivity contribution in [1.29, 1.82) is 0 Å². The minimum Gasteiger partial charge on any atom is -0.480 e. The van der Waals surface area contributed by atoms with Crippen LogP contribution in [0.4, 0.5) is 0 Å². The molecule has 1 rings (SSSR count). The lowest BCUT2D eigenvalue weighted by Crippen LogP contribution is -2.51. The first kappa shape index (κ1) is 17.1. The van der Waals surface area contributed by atoms with Crippen molar-refractivity contribution in [2.45, 2.75) is 32.5 Å². The molecular weight excluding hydrogens is 272 g/mol. The Morgan fingerprint density at radius 1 is 1.29 bits per heavy atom. The SMILES string of the molecule is CC(C)[C@H](N)C(=O)N[C@@H](COCc1ccccc1)C(=O)O. The maximum atomic E-state index is 11.8. The summed E-state index contributed by atoms with van der Waals surface area (Å²) in [5.41, 5.74) is 6.62. The van der Waals surface area contributed by atoms with Crippen molar-refractivity contribution in [3.8, 4) is 0 Å². The van der Waals surface area contributed by atoms with Crippen LogP contribution in [0.2, 0.25) is 0 Å². The van der Waals surface area contributed by atoms with Crippen LogP contribution in [0.25, 0.3) is 0 Å². The lowest BCUT2D eigenvalue weighted by atomic mass is 10.0. The molecule has 0 fully saturated rings. The van der Waals surface area contributed by atoms with Crippen molar-refractivity contribution in [3.63, 3.8) is 0 Å². The van der Waals surface area contributed by atoms with Gasteiger partial charge in [-0.25, -0.2) is 4.79 Å². The number of hydrogen-bond acceptors (Lipinski definition) is 4. The molecule has 0 aliphatic heterocycles. The molecule has 0 aliphatic carbocycles. The number of carboxylic acids is 1. The number of amides is 1. The number of benzene rings is 1. The molecular formula is C15H22N2O4. The molecule has 0 aromatic heterocycles. The quantitative estimate of drug-likeness (QED) is 0.657. The Morgan fingerprint density at radius 3 is 2.43 bits per heavy atom. The van der Waals surface area contributed by atoms with E-state index < -0.39 is 24.0 Å². The summed E-state index contributed by atoms with van der Waals surface area (Å²) in [6.07, 6.45) is 0. The second-order valence-electron chi connectivity index (χ2n) is 5.17. The van der Waals surface area contributed by atoms with E-state index in [-0.39, 0.29) is 19.1 Å². The number of carbonyl (C=O) groups is 2. The van der Waals surface area contributed by atoms with Crippen LogP contribution in [0.3, 0.4) is 0 Å². The van der Waals surface area contributed by atoms with Gasteiger partial charge in [0.25, 0.3) is 0 Å². The third kappa shape index (κ3) is 5.93. The van der Waals surface area contributed by atoms with E-state index in [1.807, 2.05) is 30.3 Å². The summed E-state index contributed by atoms with van der Waals surface area (Å²) in [5.74, 6) is -1.70. The summed E-state index contributed by atoms with van der Waals surface area (Å²) in [4.78, 5) is 22.9. The van der Waals surface area contributed by atoms with Crippen LogP contribution < -0.4 is 11.1 Å². The van der Waals surface area contributed by atoms with Gasteiger partial charge in [0.05, 0.1) is 19.3 Å². The van der Waals surface area contributed by atoms with E-state index >= 15 is 0 Å². The third-order valence-electron chi connectivity index (χ3n) is 3.03. The van der Waals surface area contributed by atoms with Gasteiger partial charge in [-0.1, -0.05) is 44.2 Å². The number of aliphatic carboxylic acids is 1. The normalized spacial score (nSPS) is 13.7. The monoisotopic (exact) mass is 294 g/mol. The van der Waals surface area contributed by atoms with Crippen molar-refractivity contribution in [2.75, 3.05) is 6.61 Å². The van der Waals surface area contributed by atoms with Crippen molar-refractivity contribution in [3.05, 3.63) is 35.9 Å². The van der Waals surface area contributed by atoms with Crippen LogP contribution in [-0.4, -0.2) is 35.7 Å². The third-order valence-corrected chi connectivity index (χ3v) is 3.03. The molecule has 0 saturated heterocycles. The zero-order valence-electron chi connectivity index (χ0n) is 12.3. The maximum Gasteiger partial charge on any atom is 0.328 e. The van der Waals surface area contributed by atoms with Crippen molar-refractivity contribution < 1.29 is 19.4 Å². The predicted molar refractivity (Wildman–Crippen MR) is 78.5 cm³/mol. The summed E-state index contributed by atoms with van der Waals surface area (Å²) in [6, 6.07) is 7.54. The number of carboxylic acid groups (broad SMARTS) is 1. The van der Waals surface area contributed by atoms with E-state index in [0.717, 1.165) is 5.56 Å². The van der Waals surface area contributed by atoms with Gasteiger partial charge in [0.2, 0.25) is 5.91 Å². The molecule has 116 valence electrons. The molecule has 0 heterocycles. The van der Waals surface area contributed by atoms with Gasteiger partial charge in [-0.3, -0.25) is 4.79 Å². The van der Waals surface area contributed by atoms with Crippen LogP contribution in [-0.2, 0) is 20.9 Å². The molecule has 0 unspecified atom stereocenters. The van der Waals surface area contributed by atoms with Crippen LogP contribution in [0.1, 0.15) is 19.4 Å². The molecule has 1 aromatic rings. The number of nitrogens with two attached hydrogens (primary N) is 1. The molecule has 1 amide bonds. The average Bonchev–Trinajstić information content (AvgIpc) is 2.46. The molecule has 0 spiro atoms. The zero-order valence-corrected chi connectivity index (χ0v) is 12.3. The highest BCUT2D eigenvalue weighted by atomic mass is 16.5. The summed E-state index contributed by atoms with van der Waals surface area (Å²) >= 11 is 0. The first-order chi connectivity index (χ1) is 9.91. The molecule has 4 N–H and O–H groups in total. The van der Waals surface area contributed by atoms with E-state index in [0.29, 0.717) is 0 Å². The van der Waals surface area contributed by atoms with Gasteiger partial charge < -0.3 is 20.9 Å². The standard InChI is InChI=1S/C15H22N2O4/c1-10(2)13(16)14(18)17-12(15(19)20)9-21-8-11-6-4-3-5-7-11/h3-7,10,12-13H,8-9,16H2,1-2H3,(H,17,18)(H,19,20)/t12-,13-/m0/s1. The topological polar surface area (TPSA) is 102 Å². The van der Waals surface area contributed by atoms with Gasteiger partial charge in [-0.15, -0.1) is 0 Å². The molecule has 0 radical (unpaired) electrons. The minimum absolute atomic E-state index is 0.0651. The second kappa shape index (κ2) is 8.39. The van der Waals surface area contributed by atoms with Crippen LogP contribution >= 0.6 is 0 Å². The molecule has 6 heteroatoms. The molecule has 21 heavy (non-hydrogen) atoms. The van der Waals surface area contributed by atoms with Gasteiger partial charge in [0, 0.05) is 0 Å². The Hall–Kier alpha value is -1.92. The largest absolute Gasteiger partial charge is 0.480 e. The molecule has 0 saturated carbocycles. The number of hydrogen-bond donors (Lipinski definition) is 3. The number of ether oxygens (including phenoxy) is 1. The maximum absolute atomic E-state index is 11.8. The van der Waals surface area contributed by atoms with E-state index in [2.05, 4.69) is 5.32 Å².